The highest BCUT2D eigenvalue weighted by Crippen LogP contribution is 2.10. The van der Waals surface area contributed by atoms with Gasteiger partial charge >= 0.3 is 0 Å². The molecule has 5 nitrogen and oxygen atoms in total. The lowest BCUT2D eigenvalue weighted by molar-refractivity contribution is 0.271. The molecule has 0 saturated carbocycles. The van der Waals surface area contributed by atoms with Gasteiger partial charge in [-0.25, -0.2) is 4.98 Å². The molecule has 0 aromatic carbocycles. The highest BCUT2D eigenvalue weighted by atomic mass is 35.5. The lowest BCUT2D eigenvalue weighted by Gasteiger charge is -2.34. The normalized spacial score (nSPS) is 17.2. The van der Waals surface area contributed by atoms with Crippen LogP contribution in [0.4, 0.5) is 5.82 Å². The maximum atomic E-state index is 12.3. The van der Waals surface area contributed by atoms with E-state index in [0.717, 1.165) is 32.7 Å². The largest absolute Gasteiger partial charge is 0.349 e. The molecule has 1 aromatic rings. The number of halogens is 1. The fourth-order valence-electron chi connectivity index (χ4n) is 2.34. The van der Waals surface area contributed by atoms with Gasteiger partial charge < -0.3 is 9.47 Å². The topological polar surface area (TPSA) is 41.4 Å². The highest BCUT2D eigenvalue weighted by Gasteiger charge is 2.20. The van der Waals surface area contributed by atoms with Crippen molar-refractivity contribution in [2.45, 2.75) is 19.9 Å². The third-order valence-electron chi connectivity index (χ3n) is 3.48. The summed E-state index contributed by atoms with van der Waals surface area (Å²) < 4.78 is 1.73. The number of nitrogens with zero attached hydrogens (tertiary/aromatic N) is 4. The Hall–Kier alpha value is -1.07. The van der Waals surface area contributed by atoms with Gasteiger partial charge in [0.1, 0.15) is 0 Å². The molecule has 6 heteroatoms. The summed E-state index contributed by atoms with van der Waals surface area (Å²) in [5, 5.41) is 0. The van der Waals surface area contributed by atoms with Crippen LogP contribution in [0.1, 0.15) is 19.9 Å². The SMILES string of the molecule is CC(C)n1ccnc(N2CCN(CCCl)CC2)c1=O. The molecule has 0 spiro atoms. The maximum absolute atomic E-state index is 12.3. The summed E-state index contributed by atoms with van der Waals surface area (Å²) in [5.74, 6) is 1.23. The first-order chi connectivity index (χ1) is 9.13. The molecule has 1 aliphatic rings. The smallest absolute Gasteiger partial charge is 0.293 e. The van der Waals surface area contributed by atoms with Crippen molar-refractivity contribution in [2.24, 2.45) is 0 Å². The molecular formula is C13H21ClN4O. The van der Waals surface area contributed by atoms with Gasteiger partial charge in [-0.1, -0.05) is 0 Å². The van der Waals surface area contributed by atoms with Crippen LogP contribution >= 0.6 is 11.6 Å². The summed E-state index contributed by atoms with van der Waals surface area (Å²) >= 11 is 5.75. The first kappa shape index (κ1) is 14.3. The number of anilines is 1. The maximum Gasteiger partial charge on any atom is 0.293 e. The van der Waals surface area contributed by atoms with E-state index in [0.29, 0.717) is 11.7 Å². The number of rotatable bonds is 4. The van der Waals surface area contributed by atoms with Crippen LogP contribution < -0.4 is 10.5 Å². The Labute approximate surface area is 118 Å². The van der Waals surface area contributed by atoms with Gasteiger partial charge in [-0.2, -0.15) is 0 Å². The molecule has 19 heavy (non-hydrogen) atoms. The molecule has 1 saturated heterocycles. The Balaban J connectivity index is 2.12. The first-order valence-corrected chi connectivity index (χ1v) is 7.27. The molecule has 1 aromatic heterocycles. The van der Waals surface area contributed by atoms with Crippen LogP contribution in [0.5, 0.6) is 0 Å². The van der Waals surface area contributed by atoms with Crippen LogP contribution in [-0.4, -0.2) is 53.1 Å². The van der Waals surface area contributed by atoms with Gasteiger partial charge in [0.15, 0.2) is 5.82 Å². The number of alkyl halides is 1. The van der Waals surface area contributed by atoms with E-state index < -0.39 is 0 Å². The number of aromatic nitrogens is 2. The number of piperazine rings is 1. The zero-order valence-electron chi connectivity index (χ0n) is 11.5. The third kappa shape index (κ3) is 3.28. The van der Waals surface area contributed by atoms with Crippen molar-refractivity contribution in [3.63, 3.8) is 0 Å². The molecule has 1 aliphatic heterocycles. The van der Waals surface area contributed by atoms with Crippen LogP contribution in [-0.2, 0) is 0 Å². The Morgan fingerprint density at radius 2 is 2.00 bits per heavy atom. The van der Waals surface area contributed by atoms with E-state index in [-0.39, 0.29) is 11.6 Å². The van der Waals surface area contributed by atoms with Gasteiger partial charge in [-0.3, -0.25) is 9.69 Å². The summed E-state index contributed by atoms with van der Waals surface area (Å²) in [7, 11) is 0. The van der Waals surface area contributed by atoms with Crippen LogP contribution in [0, 0.1) is 0 Å². The number of hydrogen-bond donors (Lipinski definition) is 0. The molecule has 0 atom stereocenters. The number of hydrogen-bond acceptors (Lipinski definition) is 4. The van der Waals surface area contributed by atoms with Crippen molar-refractivity contribution < 1.29 is 0 Å². The van der Waals surface area contributed by atoms with Gasteiger partial charge in [0, 0.05) is 57.0 Å². The molecule has 0 bridgehead atoms. The summed E-state index contributed by atoms with van der Waals surface area (Å²) in [6, 6.07) is 0.159. The van der Waals surface area contributed by atoms with Gasteiger partial charge in [-0.05, 0) is 13.8 Å². The first-order valence-electron chi connectivity index (χ1n) is 6.74. The van der Waals surface area contributed by atoms with Crippen molar-refractivity contribution in [3.8, 4) is 0 Å². The molecule has 2 rings (SSSR count). The van der Waals surface area contributed by atoms with Crippen molar-refractivity contribution in [3.05, 3.63) is 22.7 Å². The van der Waals surface area contributed by atoms with E-state index in [4.69, 9.17) is 11.6 Å². The summed E-state index contributed by atoms with van der Waals surface area (Å²) in [6.07, 6.45) is 3.46. The second kappa shape index (κ2) is 6.39. The summed E-state index contributed by atoms with van der Waals surface area (Å²) in [6.45, 7) is 8.46. The molecule has 0 amide bonds. The molecular weight excluding hydrogens is 264 g/mol. The van der Waals surface area contributed by atoms with E-state index in [1.807, 2.05) is 13.8 Å². The zero-order chi connectivity index (χ0) is 13.8. The van der Waals surface area contributed by atoms with E-state index in [2.05, 4.69) is 14.8 Å². The van der Waals surface area contributed by atoms with Crippen LogP contribution in [0.2, 0.25) is 0 Å². The van der Waals surface area contributed by atoms with Crippen molar-refractivity contribution >= 4 is 17.4 Å². The van der Waals surface area contributed by atoms with E-state index in [1.54, 1.807) is 17.0 Å². The van der Waals surface area contributed by atoms with E-state index >= 15 is 0 Å². The predicted octanol–water partition coefficient (Wildman–Crippen LogP) is 1.19. The van der Waals surface area contributed by atoms with Gasteiger partial charge in [0.25, 0.3) is 5.56 Å². The lowest BCUT2D eigenvalue weighted by Crippen LogP contribution is -2.49. The third-order valence-corrected chi connectivity index (χ3v) is 3.65. The zero-order valence-corrected chi connectivity index (χ0v) is 12.3. The standard InChI is InChI=1S/C13H21ClN4O/c1-11(2)18-6-4-15-12(13(18)19)17-9-7-16(5-3-14)8-10-17/h4,6,11H,3,5,7-10H2,1-2H3. The van der Waals surface area contributed by atoms with E-state index in [9.17, 15) is 4.79 Å². The Bertz CT molecular complexity index is 466. The second-order valence-electron chi connectivity index (χ2n) is 5.07. The van der Waals surface area contributed by atoms with Crippen LogP contribution in [0.25, 0.3) is 0 Å². The molecule has 0 radical (unpaired) electrons. The summed E-state index contributed by atoms with van der Waals surface area (Å²) in [4.78, 5) is 21.0. The minimum Gasteiger partial charge on any atom is -0.349 e. The summed E-state index contributed by atoms with van der Waals surface area (Å²) in [5.41, 5.74) is 0.00305. The minimum atomic E-state index is 0.00305. The fourth-order valence-corrected chi connectivity index (χ4v) is 2.58. The quantitative estimate of drug-likeness (QED) is 0.779. The predicted molar refractivity (Wildman–Crippen MR) is 78.3 cm³/mol. The average Bonchev–Trinajstić information content (AvgIpc) is 2.40. The molecule has 1 fully saturated rings. The van der Waals surface area contributed by atoms with Crippen LogP contribution in [0.15, 0.2) is 17.2 Å². The Kier molecular flexibility index (Phi) is 4.82. The Morgan fingerprint density at radius 3 is 2.58 bits per heavy atom. The monoisotopic (exact) mass is 284 g/mol. The van der Waals surface area contributed by atoms with Gasteiger partial charge in [-0.15, -0.1) is 11.6 Å². The molecule has 0 aliphatic carbocycles. The lowest BCUT2D eigenvalue weighted by atomic mass is 10.3. The highest BCUT2D eigenvalue weighted by molar-refractivity contribution is 6.18. The molecule has 106 valence electrons. The molecule has 0 N–H and O–H groups in total. The van der Waals surface area contributed by atoms with Crippen molar-refractivity contribution in [2.75, 3.05) is 43.5 Å². The molecule has 0 unspecified atom stereocenters. The second-order valence-corrected chi connectivity index (χ2v) is 5.45. The fraction of sp³-hybridized carbons (Fsp3) is 0.692. The van der Waals surface area contributed by atoms with Crippen molar-refractivity contribution in [1.29, 1.82) is 0 Å². The molecule has 2 heterocycles. The average molecular weight is 285 g/mol. The van der Waals surface area contributed by atoms with E-state index in [1.165, 1.54) is 0 Å². The minimum absolute atomic E-state index is 0.00305. The van der Waals surface area contributed by atoms with Crippen molar-refractivity contribution in [1.82, 2.24) is 14.5 Å². The van der Waals surface area contributed by atoms with Gasteiger partial charge in [0.2, 0.25) is 0 Å². The Morgan fingerprint density at radius 1 is 1.32 bits per heavy atom. The van der Waals surface area contributed by atoms with Crippen LogP contribution in [0.3, 0.4) is 0 Å². The van der Waals surface area contributed by atoms with Gasteiger partial charge in [0.05, 0.1) is 0 Å².